The Morgan fingerprint density at radius 2 is 1.90 bits per heavy atom. The summed E-state index contributed by atoms with van der Waals surface area (Å²) in [5, 5.41) is 11.5. The molecule has 21 heavy (non-hydrogen) atoms. The van der Waals surface area contributed by atoms with Crippen LogP contribution in [-0.2, 0) is 14.6 Å². The molecule has 2 N–H and O–H groups in total. The molecule has 1 aromatic carbocycles. The van der Waals surface area contributed by atoms with Gasteiger partial charge in [-0.25, -0.2) is 13.2 Å². The van der Waals surface area contributed by atoms with E-state index in [-0.39, 0.29) is 12.2 Å². The first-order valence-corrected chi connectivity index (χ1v) is 8.45. The molecule has 0 radical (unpaired) electrons. The summed E-state index contributed by atoms with van der Waals surface area (Å²) < 4.78 is 22.2. The number of aryl methyl sites for hydroxylation is 2. The first-order valence-electron chi connectivity index (χ1n) is 6.39. The molecule has 0 aliphatic heterocycles. The lowest BCUT2D eigenvalue weighted by molar-refractivity contribution is -0.139. The number of carbonyl (C=O) groups excluding carboxylic acids is 1. The molecular weight excluding hydrogens is 294 g/mol. The van der Waals surface area contributed by atoms with Crippen molar-refractivity contribution in [2.24, 2.45) is 0 Å². The first kappa shape index (κ1) is 17.2. The zero-order valence-corrected chi connectivity index (χ0v) is 13.0. The van der Waals surface area contributed by atoms with Gasteiger partial charge in [0.2, 0.25) is 0 Å². The van der Waals surface area contributed by atoms with Gasteiger partial charge < -0.3 is 10.4 Å². The van der Waals surface area contributed by atoms with E-state index in [1.165, 1.54) is 0 Å². The monoisotopic (exact) mass is 313 g/mol. The molecule has 0 bridgehead atoms. The van der Waals surface area contributed by atoms with Gasteiger partial charge >= 0.3 is 5.97 Å². The lowest BCUT2D eigenvalue weighted by Crippen LogP contribution is -2.42. The molecule has 1 rings (SSSR count). The molecule has 0 spiro atoms. The van der Waals surface area contributed by atoms with Crippen molar-refractivity contribution in [3.8, 4) is 0 Å². The Bertz CT molecular complexity index is 651. The molecule has 6 nitrogen and oxygen atoms in total. The minimum absolute atomic E-state index is 0.162. The molecule has 0 aliphatic rings. The van der Waals surface area contributed by atoms with Crippen molar-refractivity contribution >= 4 is 21.7 Å². The van der Waals surface area contributed by atoms with Crippen LogP contribution in [0.3, 0.4) is 0 Å². The molecule has 0 fully saturated rings. The van der Waals surface area contributed by atoms with Crippen LogP contribution in [0.15, 0.2) is 18.2 Å². The van der Waals surface area contributed by atoms with Crippen molar-refractivity contribution in [2.45, 2.75) is 26.3 Å². The molecule has 0 heterocycles. The van der Waals surface area contributed by atoms with E-state index in [0.717, 1.165) is 17.4 Å². The number of carbonyl (C=O) groups is 2. The average molecular weight is 313 g/mol. The quantitative estimate of drug-likeness (QED) is 0.813. The molecule has 1 aromatic rings. The summed E-state index contributed by atoms with van der Waals surface area (Å²) in [6.45, 7) is 3.58. The Morgan fingerprint density at radius 3 is 2.43 bits per heavy atom. The fourth-order valence-corrected chi connectivity index (χ4v) is 2.47. The number of benzene rings is 1. The summed E-state index contributed by atoms with van der Waals surface area (Å²) >= 11 is 0. The van der Waals surface area contributed by atoms with Gasteiger partial charge in [0.05, 0.1) is 5.75 Å². The molecular formula is C14H19NO5S. The van der Waals surface area contributed by atoms with Crippen molar-refractivity contribution < 1.29 is 23.1 Å². The number of hydrogen-bond acceptors (Lipinski definition) is 4. The van der Waals surface area contributed by atoms with E-state index in [1.54, 1.807) is 19.1 Å². The third-order valence-corrected chi connectivity index (χ3v) is 4.00. The number of carboxylic acid groups (broad SMARTS) is 1. The van der Waals surface area contributed by atoms with E-state index < -0.39 is 27.8 Å². The van der Waals surface area contributed by atoms with Gasteiger partial charge in [-0.2, -0.15) is 0 Å². The third-order valence-electron chi connectivity index (χ3n) is 3.02. The molecule has 116 valence electrons. The van der Waals surface area contributed by atoms with Crippen LogP contribution in [0.1, 0.15) is 27.9 Å². The molecule has 0 aromatic heterocycles. The van der Waals surface area contributed by atoms with Gasteiger partial charge in [0.1, 0.15) is 15.9 Å². The van der Waals surface area contributed by atoms with Crippen LogP contribution < -0.4 is 5.32 Å². The average Bonchev–Trinajstić information content (AvgIpc) is 2.35. The zero-order valence-electron chi connectivity index (χ0n) is 12.2. The fourth-order valence-electron chi connectivity index (χ4n) is 1.81. The van der Waals surface area contributed by atoms with Crippen LogP contribution in [0.2, 0.25) is 0 Å². The Balaban J connectivity index is 2.86. The van der Waals surface area contributed by atoms with Crippen molar-refractivity contribution in [2.75, 3.05) is 12.0 Å². The van der Waals surface area contributed by atoms with Crippen molar-refractivity contribution in [3.63, 3.8) is 0 Å². The molecule has 0 aliphatic carbocycles. The Labute approximate surface area is 124 Å². The third kappa shape index (κ3) is 5.55. The summed E-state index contributed by atoms with van der Waals surface area (Å²) in [4.78, 5) is 23.3. The second-order valence-corrected chi connectivity index (χ2v) is 7.36. The van der Waals surface area contributed by atoms with Gasteiger partial charge in [0, 0.05) is 11.8 Å². The highest BCUT2D eigenvalue weighted by molar-refractivity contribution is 7.90. The van der Waals surface area contributed by atoms with Crippen LogP contribution >= 0.6 is 0 Å². The maximum absolute atomic E-state index is 12.1. The number of carboxylic acids is 1. The van der Waals surface area contributed by atoms with Gasteiger partial charge in [-0.1, -0.05) is 17.7 Å². The van der Waals surface area contributed by atoms with E-state index in [0.29, 0.717) is 5.56 Å². The molecule has 1 unspecified atom stereocenters. The van der Waals surface area contributed by atoms with Crippen LogP contribution in [0, 0.1) is 13.8 Å². The number of nitrogens with one attached hydrogen (secondary N) is 1. The van der Waals surface area contributed by atoms with Crippen molar-refractivity contribution in [1.82, 2.24) is 5.32 Å². The second-order valence-electron chi connectivity index (χ2n) is 5.10. The van der Waals surface area contributed by atoms with Crippen molar-refractivity contribution in [3.05, 3.63) is 34.9 Å². The highest BCUT2D eigenvalue weighted by atomic mass is 32.2. The molecule has 1 amide bonds. The number of hydrogen-bond donors (Lipinski definition) is 2. The maximum atomic E-state index is 12.1. The van der Waals surface area contributed by atoms with Crippen molar-refractivity contribution in [1.29, 1.82) is 0 Å². The summed E-state index contributed by atoms with van der Waals surface area (Å²) in [6, 6.07) is 4.06. The second kappa shape index (κ2) is 6.71. The van der Waals surface area contributed by atoms with Crippen LogP contribution in [-0.4, -0.2) is 43.5 Å². The van der Waals surface area contributed by atoms with E-state index in [2.05, 4.69) is 5.32 Å². The maximum Gasteiger partial charge on any atom is 0.326 e. The van der Waals surface area contributed by atoms with E-state index >= 15 is 0 Å². The predicted molar refractivity (Wildman–Crippen MR) is 79.1 cm³/mol. The van der Waals surface area contributed by atoms with Gasteiger partial charge in [-0.15, -0.1) is 0 Å². The number of rotatable bonds is 6. The van der Waals surface area contributed by atoms with Gasteiger partial charge in [-0.05, 0) is 31.9 Å². The largest absolute Gasteiger partial charge is 0.480 e. The SMILES string of the molecule is Cc1ccc(C)c(C(=O)NC(CCS(C)(=O)=O)C(=O)O)c1. The Morgan fingerprint density at radius 1 is 1.29 bits per heavy atom. The molecule has 7 heteroatoms. The summed E-state index contributed by atoms with van der Waals surface area (Å²) in [6.07, 6.45) is 0.864. The fraction of sp³-hybridized carbons (Fsp3) is 0.429. The minimum Gasteiger partial charge on any atom is -0.480 e. The Kier molecular flexibility index (Phi) is 5.48. The highest BCUT2D eigenvalue weighted by Crippen LogP contribution is 2.11. The summed E-state index contributed by atoms with van der Waals surface area (Å²) in [5.74, 6) is -2.06. The molecule has 1 atom stereocenters. The lowest BCUT2D eigenvalue weighted by atomic mass is 10.0. The first-order chi connectivity index (χ1) is 9.60. The predicted octanol–water partition coefficient (Wildman–Crippen LogP) is 0.921. The standard InChI is InChI=1S/C14H19NO5S/c1-9-4-5-10(2)11(8-9)13(16)15-12(14(17)18)6-7-21(3,19)20/h4-5,8,12H,6-7H2,1-3H3,(H,15,16)(H,17,18). The minimum atomic E-state index is -3.28. The lowest BCUT2D eigenvalue weighted by Gasteiger charge is -2.15. The molecule has 0 saturated heterocycles. The van der Waals surface area contributed by atoms with Crippen LogP contribution in [0.5, 0.6) is 0 Å². The topological polar surface area (TPSA) is 101 Å². The molecule has 0 saturated carbocycles. The highest BCUT2D eigenvalue weighted by Gasteiger charge is 2.22. The number of aliphatic carboxylic acids is 1. The summed E-state index contributed by atoms with van der Waals surface area (Å²) in [5.41, 5.74) is 2.00. The zero-order chi connectivity index (χ0) is 16.2. The van der Waals surface area contributed by atoms with E-state index in [1.807, 2.05) is 13.0 Å². The number of amides is 1. The normalized spacial score (nSPS) is 12.7. The van der Waals surface area contributed by atoms with E-state index in [9.17, 15) is 18.0 Å². The van der Waals surface area contributed by atoms with Crippen LogP contribution in [0.25, 0.3) is 0 Å². The van der Waals surface area contributed by atoms with E-state index in [4.69, 9.17) is 5.11 Å². The number of sulfone groups is 1. The summed E-state index contributed by atoms with van der Waals surface area (Å²) in [7, 11) is -3.28. The van der Waals surface area contributed by atoms with Gasteiger partial charge in [0.25, 0.3) is 5.91 Å². The Hall–Kier alpha value is -1.89. The van der Waals surface area contributed by atoms with Gasteiger partial charge in [-0.3, -0.25) is 4.79 Å². The smallest absolute Gasteiger partial charge is 0.326 e. The van der Waals surface area contributed by atoms with Gasteiger partial charge in [0.15, 0.2) is 0 Å². The van der Waals surface area contributed by atoms with Crippen LogP contribution in [0.4, 0.5) is 0 Å².